The molecular weight excluding hydrogens is 184 g/mol. The van der Waals surface area contributed by atoms with Gasteiger partial charge in [-0.3, -0.25) is 4.79 Å². The maximum atomic E-state index is 10.7. The van der Waals surface area contributed by atoms with Crippen molar-refractivity contribution in [2.24, 2.45) is 5.92 Å². The average molecular weight is 196 g/mol. The average Bonchev–Trinajstić information content (AvgIpc) is 2.70. The molecule has 0 saturated carbocycles. The van der Waals surface area contributed by atoms with E-state index in [4.69, 9.17) is 9.63 Å². The summed E-state index contributed by atoms with van der Waals surface area (Å²) in [6.45, 7) is 2.33. The van der Waals surface area contributed by atoms with Crippen molar-refractivity contribution in [1.29, 1.82) is 0 Å². The number of hydrogen-bond acceptors (Lipinski definition) is 4. The number of nitrogens with one attached hydrogen (secondary N) is 1. The Labute approximate surface area is 81.1 Å². The van der Waals surface area contributed by atoms with E-state index in [1.165, 1.54) is 0 Å². The van der Waals surface area contributed by atoms with Crippen LogP contribution in [0.4, 0.5) is 0 Å². The van der Waals surface area contributed by atoms with Crippen molar-refractivity contribution in [3.63, 3.8) is 0 Å². The Morgan fingerprint density at radius 3 is 3.07 bits per heavy atom. The van der Waals surface area contributed by atoms with E-state index in [1.54, 1.807) is 0 Å². The summed E-state index contributed by atoms with van der Waals surface area (Å²) in [5, 5.41) is 15.8. The Bertz CT molecular complexity index is 348. The van der Waals surface area contributed by atoms with Gasteiger partial charge in [0.05, 0.1) is 12.0 Å². The monoisotopic (exact) mass is 196 g/mol. The molecule has 0 bridgehead atoms. The minimum absolute atomic E-state index is 0.0218. The third-order valence-electron chi connectivity index (χ3n) is 2.48. The molecule has 0 aliphatic carbocycles. The molecule has 2 heterocycles. The van der Waals surface area contributed by atoms with E-state index >= 15 is 0 Å². The van der Waals surface area contributed by atoms with Crippen molar-refractivity contribution in [1.82, 2.24) is 10.5 Å². The lowest BCUT2D eigenvalue weighted by Crippen LogP contribution is -2.17. The Balaban J connectivity index is 2.05. The fourth-order valence-electron chi connectivity index (χ4n) is 1.70. The predicted molar refractivity (Wildman–Crippen MR) is 47.7 cm³/mol. The summed E-state index contributed by atoms with van der Waals surface area (Å²) in [4.78, 5) is 10.7. The van der Waals surface area contributed by atoms with E-state index in [9.17, 15) is 4.79 Å². The standard InChI is InChI=1S/C9H12N2O3/c1-5-2-8(11-14-5)7-3-6(4-10-7)9(12)13/h2,6-7,10H,3-4H2,1H3,(H,12,13). The largest absolute Gasteiger partial charge is 0.481 e. The molecule has 1 aliphatic heterocycles. The molecular formula is C9H12N2O3. The van der Waals surface area contributed by atoms with Crippen molar-refractivity contribution in [2.45, 2.75) is 19.4 Å². The van der Waals surface area contributed by atoms with Crippen LogP contribution in [0.3, 0.4) is 0 Å². The molecule has 76 valence electrons. The third-order valence-corrected chi connectivity index (χ3v) is 2.48. The molecule has 5 nitrogen and oxygen atoms in total. The van der Waals surface area contributed by atoms with Crippen molar-refractivity contribution >= 4 is 5.97 Å². The lowest BCUT2D eigenvalue weighted by Gasteiger charge is -2.03. The summed E-state index contributed by atoms with van der Waals surface area (Å²) in [7, 11) is 0. The summed E-state index contributed by atoms with van der Waals surface area (Å²) < 4.78 is 4.94. The topological polar surface area (TPSA) is 75.4 Å². The number of carbonyl (C=O) groups is 1. The molecule has 0 amide bonds. The molecule has 1 aromatic rings. The molecule has 0 spiro atoms. The molecule has 2 atom stereocenters. The number of aryl methyl sites for hydroxylation is 1. The molecule has 5 heteroatoms. The first-order valence-electron chi connectivity index (χ1n) is 4.56. The summed E-state index contributed by atoms with van der Waals surface area (Å²) in [6, 6.07) is 1.86. The van der Waals surface area contributed by atoms with Gasteiger partial charge in [-0.2, -0.15) is 0 Å². The van der Waals surface area contributed by atoms with Crippen molar-refractivity contribution in [3.8, 4) is 0 Å². The smallest absolute Gasteiger partial charge is 0.307 e. The van der Waals surface area contributed by atoms with Gasteiger partial charge < -0.3 is 14.9 Å². The summed E-state index contributed by atoms with van der Waals surface area (Å²) >= 11 is 0. The van der Waals surface area contributed by atoms with E-state index in [1.807, 2.05) is 13.0 Å². The molecule has 2 unspecified atom stereocenters. The lowest BCUT2D eigenvalue weighted by atomic mass is 10.0. The molecule has 14 heavy (non-hydrogen) atoms. The minimum Gasteiger partial charge on any atom is -0.481 e. The number of carboxylic acids is 1. The van der Waals surface area contributed by atoms with Gasteiger partial charge in [-0.15, -0.1) is 0 Å². The van der Waals surface area contributed by atoms with Gasteiger partial charge in [0.25, 0.3) is 0 Å². The van der Waals surface area contributed by atoms with Crippen LogP contribution in [-0.4, -0.2) is 22.8 Å². The van der Waals surface area contributed by atoms with Gasteiger partial charge in [0, 0.05) is 12.6 Å². The van der Waals surface area contributed by atoms with Crippen LogP contribution < -0.4 is 5.32 Å². The Hall–Kier alpha value is -1.36. The fraction of sp³-hybridized carbons (Fsp3) is 0.556. The number of aromatic nitrogens is 1. The molecule has 1 saturated heterocycles. The van der Waals surface area contributed by atoms with Crippen LogP contribution in [0, 0.1) is 12.8 Å². The highest BCUT2D eigenvalue weighted by atomic mass is 16.5. The van der Waals surface area contributed by atoms with E-state index in [2.05, 4.69) is 10.5 Å². The maximum Gasteiger partial charge on any atom is 0.307 e. The van der Waals surface area contributed by atoms with Gasteiger partial charge in [-0.1, -0.05) is 5.16 Å². The zero-order chi connectivity index (χ0) is 10.1. The number of carboxylic acid groups (broad SMARTS) is 1. The lowest BCUT2D eigenvalue weighted by molar-refractivity contribution is -0.141. The number of rotatable bonds is 2. The van der Waals surface area contributed by atoms with Gasteiger partial charge >= 0.3 is 5.97 Å². The Morgan fingerprint density at radius 2 is 2.57 bits per heavy atom. The molecule has 0 radical (unpaired) electrons. The minimum atomic E-state index is -0.750. The molecule has 1 fully saturated rings. The van der Waals surface area contributed by atoms with Crippen LogP contribution in [0.15, 0.2) is 10.6 Å². The molecule has 1 aromatic heterocycles. The van der Waals surface area contributed by atoms with Gasteiger partial charge in [0.2, 0.25) is 0 Å². The summed E-state index contributed by atoms with van der Waals surface area (Å²) in [5.41, 5.74) is 0.797. The van der Waals surface area contributed by atoms with E-state index in [-0.39, 0.29) is 12.0 Å². The molecule has 0 aromatic carbocycles. The first-order chi connectivity index (χ1) is 6.66. The highest BCUT2D eigenvalue weighted by Crippen LogP contribution is 2.26. The van der Waals surface area contributed by atoms with Gasteiger partial charge in [-0.25, -0.2) is 0 Å². The predicted octanol–water partition coefficient (Wildman–Crippen LogP) is 0.718. The van der Waals surface area contributed by atoms with E-state index in [0.717, 1.165) is 11.5 Å². The Morgan fingerprint density at radius 1 is 1.79 bits per heavy atom. The number of nitrogens with zero attached hydrogens (tertiary/aromatic N) is 1. The first-order valence-corrected chi connectivity index (χ1v) is 4.56. The quantitative estimate of drug-likeness (QED) is 0.728. The summed E-state index contributed by atoms with van der Waals surface area (Å²) in [5.74, 6) is -0.308. The second kappa shape index (κ2) is 3.42. The van der Waals surface area contributed by atoms with E-state index < -0.39 is 5.97 Å². The van der Waals surface area contributed by atoms with E-state index in [0.29, 0.717) is 13.0 Å². The van der Waals surface area contributed by atoms with Crippen LogP contribution >= 0.6 is 0 Å². The van der Waals surface area contributed by atoms with Crippen LogP contribution in [0.5, 0.6) is 0 Å². The van der Waals surface area contributed by atoms with Crippen LogP contribution in [-0.2, 0) is 4.79 Å². The zero-order valence-corrected chi connectivity index (χ0v) is 7.86. The Kier molecular flexibility index (Phi) is 2.25. The van der Waals surface area contributed by atoms with Crippen molar-refractivity contribution in [2.75, 3.05) is 6.54 Å². The maximum absolute atomic E-state index is 10.7. The number of aliphatic carboxylic acids is 1. The molecule has 2 N–H and O–H groups in total. The van der Waals surface area contributed by atoms with Crippen LogP contribution in [0.2, 0.25) is 0 Å². The second-order valence-corrected chi connectivity index (χ2v) is 3.59. The highest BCUT2D eigenvalue weighted by Gasteiger charge is 2.31. The van der Waals surface area contributed by atoms with Crippen molar-refractivity contribution < 1.29 is 14.4 Å². The molecule has 2 rings (SSSR count). The third kappa shape index (κ3) is 1.63. The first kappa shape index (κ1) is 9.21. The van der Waals surface area contributed by atoms with Gasteiger partial charge in [-0.05, 0) is 13.3 Å². The van der Waals surface area contributed by atoms with Gasteiger partial charge in [0.15, 0.2) is 0 Å². The van der Waals surface area contributed by atoms with Gasteiger partial charge in [0.1, 0.15) is 11.5 Å². The van der Waals surface area contributed by atoms with Crippen LogP contribution in [0.25, 0.3) is 0 Å². The van der Waals surface area contributed by atoms with Crippen molar-refractivity contribution in [3.05, 3.63) is 17.5 Å². The normalized spacial score (nSPS) is 26.6. The number of hydrogen-bond donors (Lipinski definition) is 2. The highest BCUT2D eigenvalue weighted by molar-refractivity contribution is 5.70. The SMILES string of the molecule is Cc1cc(C2CC(C(=O)O)CN2)no1. The fourth-order valence-corrected chi connectivity index (χ4v) is 1.70. The summed E-state index contributed by atoms with van der Waals surface area (Å²) in [6.07, 6.45) is 0.585. The zero-order valence-electron chi connectivity index (χ0n) is 7.86. The second-order valence-electron chi connectivity index (χ2n) is 3.59. The molecule has 1 aliphatic rings. The van der Waals surface area contributed by atoms with Crippen LogP contribution in [0.1, 0.15) is 23.9 Å².